The van der Waals surface area contributed by atoms with Gasteiger partial charge in [-0.1, -0.05) is 12.1 Å². The molecule has 0 saturated carbocycles. The van der Waals surface area contributed by atoms with Gasteiger partial charge in [0.05, 0.1) is 22.2 Å². The number of rotatable bonds is 5. The molecule has 1 amide bonds. The fraction of sp³-hybridized carbons (Fsp3) is 0.150. The number of esters is 1. The van der Waals surface area contributed by atoms with Gasteiger partial charge in [-0.15, -0.1) is 22.7 Å². The third-order valence-electron chi connectivity index (χ3n) is 4.32. The van der Waals surface area contributed by atoms with Crippen LogP contribution < -0.4 is 0 Å². The van der Waals surface area contributed by atoms with Crippen molar-refractivity contribution in [2.24, 2.45) is 5.10 Å². The van der Waals surface area contributed by atoms with Gasteiger partial charge in [-0.3, -0.25) is 4.79 Å². The second kappa shape index (κ2) is 8.22. The van der Waals surface area contributed by atoms with Crippen LogP contribution in [0.15, 0.2) is 58.3 Å². The number of hydrogen-bond donors (Lipinski definition) is 0. The van der Waals surface area contributed by atoms with E-state index >= 15 is 0 Å². The lowest BCUT2D eigenvalue weighted by atomic mass is 10.1. The van der Waals surface area contributed by atoms with E-state index in [1.807, 2.05) is 35.0 Å². The number of carbonyl (C=O) groups excluding carboxylic acids is 2. The highest BCUT2D eigenvalue weighted by Crippen LogP contribution is 2.35. The van der Waals surface area contributed by atoms with Crippen molar-refractivity contribution in [3.05, 3.63) is 80.2 Å². The molecule has 1 aromatic carbocycles. The number of hydrazone groups is 1. The van der Waals surface area contributed by atoms with Crippen LogP contribution in [-0.2, 0) is 9.53 Å². The van der Waals surface area contributed by atoms with Crippen LogP contribution in [0.3, 0.4) is 0 Å². The van der Waals surface area contributed by atoms with Gasteiger partial charge in [-0.25, -0.2) is 18.6 Å². The normalized spacial score (nSPS) is 16.0. The Bertz CT molecular complexity index is 1070. The number of benzene rings is 1. The molecule has 3 heterocycles. The molecule has 0 spiro atoms. The lowest BCUT2D eigenvalue weighted by Gasteiger charge is -2.20. The molecule has 0 bridgehead atoms. The first-order chi connectivity index (χ1) is 14.0. The molecule has 0 radical (unpaired) electrons. The molecule has 148 valence electrons. The summed E-state index contributed by atoms with van der Waals surface area (Å²) in [5, 5.41) is 9.61. The van der Waals surface area contributed by atoms with Crippen LogP contribution >= 0.6 is 22.7 Å². The smallest absolute Gasteiger partial charge is 0.341 e. The number of ether oxygens (including phenoxy) is 1. The molecule has 4 rings (SSSR count). The summed E-state index contributed by atoms with van der Waals surface area (Å²) in [5.41, 5.74) is 0.348. The summed E-state index contributed by atoms with van der Waals surface area (Å²) >= 11 is 3.04. The Balaban J connectivity index is 1.50. The number of carbonyl (C=O) groups is 2. The minimum absolute atomic E-state index is 0.291. The zero-order valence-corrected chi connectivity index (χ0v) is 16.5. The monoisotopic (exact) mass is 432 g/mol. The number of thiophene rings is 2. The molecule has 1 aliphatic rings. The number of amides is 1. The van der Waals surface area contributed by atoms with Crippen LogP contribution in [0, 0.1) is 11.6 Å². The van der Waals surface area contributed by atoms with Gasteiger partial charge in [-0.05, 0) is 35.0 Å². The Kier molecular flexibility index (Phi) is 5.50. The number of hydrogen-bond acceptors (Lipinski definition) is 6. The first-order valence-corrected chi connectivity index (χ1v) is 10.4. The SMILES string of the molecule is O=C(OCC(=O)N1N=C(c2cccs2)CC1c1cccs1)c1ccc(F)cc1F. The minimum atomic E-state index is -1.04. The van der Waals surface area contributed by atoms with Crippen LogP contribution in [0.5, 0.6) is 0 Å². The zero-order chi connectivity index (χ0) is 20.4. The van der Waals surface area contributed by atoms with Gasteiger partial charge in [0.25, 0.3) is 5.91 Å². The van der Waals surface area contributed by atoms with E-state index < -0.39 is 35.7 Å². The maximum atomic E-state index is 13.7. The molecule has 1 aliphatic heterocycles. The molecular weight excluding hydrogens is 418 g/mol. The molecule has 2 aromatic heterocycles. The predicted octanol–water partition coefficient (Wildman–Crippen LogP) is 4.62. The molecule has 0 aliphatic carbocycles. The van der Waals surface area contributed by atoms with Gasteiger partial charge in [0.15, 0.2) is 6.61 Å². The molecule has 3 aromatic rings. The molecular formula is C20H14F2N2O3S2. The number of nitrogens with zero attached hydrogens (tertiary/aromatic N) is 2. The summed E-state index contributed by atoms with van der Waals surface area (Å²) < 4.78 is 31.7. The summed E-state index contributed by atoms with van der Waals surface area (Å²) in [6.07, 6.45) is 0.549. The molecule has 0 saturated heterocycles. The topological polar surface area (TPSA) is 59.0 Å². The Morgan fingerprint density at radius 1 is 1.14 bits per heavy atom. The van der Waals surface area contributed by atoms with E-state index in [2.05, 4.69) is 5.10 Å². The molecule has 29 heavy (non-hydrogen) atoms. The van der Waals surface area contributed by atoms with Crippen LogP contribution in [0.4, 0.5) is 8.78 Å². The van der Waals surface area contributed by atoms with E-state index in [0.717, 1.165) is 27.6 Å². The fourth-order valence-electron chi connectivity index (χ4n) is 2.96. The highest BCUT2D eigenvalue weighted by molar-refractivity contribution is 7.12. The molecule has 9 heteroatoms. The van der Waals surface area contributed by atoms with Crippen LogP contribution in [-0.4, -0.2) is 29.2 Å². The second-order valence-electron chi connectivity index (χ2n) is 6.20. The summed E-state index contributed by atoms with van der Waals surface area (Å²) in [4.78, 5) is 26.7. The highest BCUT2D eigenvalue weighted by Gasteiger charge is 2.34. The second-order valence-corrected chi connectivity index (χ2v) is 8.12. The average Bonchev–Trinajstić information content (AvgIpc) is 3.46. The average molecular weight is 432 g/mol. The van der Waals surface area contributed by atoms with Crippen molar-refractivity contribution in [2.75, 3.05) is 6.61 Å². The lowest BCUT2D eigenvalue weighted by molar-refractivity contribution is -0.136. The third-order valence-corrected chi connectivity index (χ3v) is 6.21. The molecule has 0 N–H and O–H groups in total. The largest absolute Gasteiger partial charge is 0.452 e. The summed E-state index contributed by atoms with van der Waals surface area (Å²) in [5.74, 6) is -3.41. The van der Waals surface area contributed by atoms with Crippen molar-refractivity contribution in [3.63, 3.8) is 0 Å². The Morgan fingerprint density at radius 3 is 2.62 bits per heavy atom. The standard InChI is InChI=1S/C20H14F2N2O3S2/c21-12-5-6-13(14(22)9-12)20(26)27-11-19(25)24-16(18-4-2-8-29-18)10-15(23-24)17-3-1-7-28-17/h1-9,16H,10-11H2. The highest BCUT2D eigenvalue weighted by atomic mass is 32.1. The van der Waals surface area contributed by atoms with E-state index in [9.17, 15) is 18.4 Å². The van der Waals surface area contributed by atoms with Crippen molar-refractivity contribution in [3.8, 4) is 0 Å². The summed E-state index contributed by atoms with van der Waals surface area (Å²) in [7, 11) is 0. The quantitative estimate of drug-likeness (QED) is 0.553. The predicted molar refractivity (Wildman–Crippen MR) is 106 cm³/mol. The van der Waals surface area contributed by atoms with Crippen molar-refractivity contribution < 1.29 is 23.1 Å². The van der Waals surface area contributed by atoms with Gasteiger partial charge in [0, 0.05) is 17.4 Å². The first-order valence-electron chi connectivity index (χ1n) is 8.62. The zero-order valence-electron chi connectivity index (χ0n) is 14.9. The van der Waals surface area contributed by atoms with Crippen molar-refractivity contribution in [2.45, 2.75) is 12.5 Å². The van der Waals surface area contributed by atoms with Crippen LogP contribution in [0.1, 0.15) is 32.6 Å². The maximum absolute atomic E-state index is 13.7. The molecule has 1 unspecified atom stereocenters. The van der Waals surface area contributed by atoms with Gasteiger partial charge in [0.1, 0.15) is 11.6 Å². The minimum Gasteiger partial charge on any atom is -0.452 e. The van der Waals surface area contributed by atoms with E-state index in [1.54, 1.807) is 0 Å². The van der Waals surface area contributed by atoms with Gasteiger partial charge in [-0.2, -0.15) is 5.10 Å². The Labute approximate surface area is 172 Å². The van der Waals surface area contributed by atoms with E-state index in [4.69, 9.17) is 4.74 Å². The first kappa shape index (κ1) is 19.4. The Morgan fingerprint density at radius 2 is 1.93 bits per heavy atom. The lowest BCUT2D eigenvalue weighted by Crippen LogP contribution is -2.31. The van der Waals surface area contributed by atoms with Gasteiger partial charge >= 0.3 is 5.97 Å². The van der Waals surface area contributed by atoms with Gasteiger partial charge < -0.3 is 4.74 Å². The van der Waals surface area contributed by atoms with Crippen molar-refractivity contribution >= 4 is 40.3 Å². The number of halogens is 2. The molecule has 5 nitrogen and oxygen atoms in total. The van der Waals surface area contributed by atoms with Crippen molar-refractivity contribution in [1.29, 1.82) is 0 Å². The third kappa shape index (κ3) is 4.10. The van der Waals surface area contributed by atoms with Crippen LogP contribution in [0.2, 0.25) is 0 Å². The van der Waals surface area contributed by atoms with E-state index in [0.29, 0.717) is 12.5 Å². The summed E-state index contributed by atoms with van der Waals surface area (Å²) in [6.45, 7) is -0.598. The van der Waals surface area contributed by atoms with E-state index in [1.165, 1.54) is 27.7 Å². The summed E-state index contributed by atoms with van der Waals surface area (Å²) in [6, 6.07) is 9.88. The van der Waals surface area contributed by atoms with Gasteiger partial charge in [0.2, 0.25) is 0 Å². The Hall–Kier alpha value is -2.91. The van der Waals surface area contributed by atoms with Crippen LogP contribution in [0.25, 0.3) is 0 Å². The van der Waals surface area contributed by atoms with E-state index in [-0.39, 0.29) is 6.04 Å². The maximum Gasteiger partial charge on any atom is 0.341 e. The fourth-order valence-corrected chi connectivity index (χ4v) is 4.49. The van der Waals surface area contributed by atoms with Crippen molar-refractivity contribution in [1.82, 2.24) is 5.01 Å². The molecule has 1 atom stereocenters. The molecule has 0 fully saturated rings.